The molecule has 1 fully saturated rings. The molecule has 4 rings (SSSR count). The van der Waals surface area contributed by atoms with Crippen molar-refractivity contribution in [2.75, 3.05) is 13.1 Å². The highest BCUT2D eigenvalue weighted by Gasteiger charge is 2.43. The van der Waals surface area contributed by atoms with Crippen molar-refractivity contribution in [2.24, 2.45) is 11.8 Å². The number of likely N-dealkylation sites (tertiary alicyclic amines) is 1. The molecule has 5 nitrogen and oxygen atoms in total. The molecule has 146 valence electrons. The van der Waals surface area contributed by atoms with Crippen molar-refractivity contribution < 1.29 is 14.4 Å². The minimum atomic E-state index is -0.781. The van der Waals surface area contributed by atoms with Crippen LogP contribution in [0.2, 0.25) is 0 Å². The lowest BCUT2D eigenvalue weighted by Crippen LogP contribution is -2.57. The third-order valence-electron chi connectivity index (χ3n) is 6.06. The van der Waals surface area contributed by atoms with Gasteiger partial charge in [-0.3, -0.25) is 19.3 Å². The Kier molecular flexibility index (Phi) is 4.69. The lowest BCUT2D eigenvalue weighted by molar-refractivity contribution is -0.138. The maximum Gasteiger partial charge on any atom is 0.262 e. The standard InChI is InChI=1S/C23H26N2O3/c1-14(2)20(23(28)24-12-10-15(3)11-13-24)25-21(26)17-8-4-6-16-7-5-9-18(19(16)17)22(25)27/h4-9,14-15,20H,10-13H2,1-3H3. The van der Waals surface area contributed by atoms with E-state index in [-0.39, 0.29) is 23.6 Å². The van der Waals surface area contributed by atoms with E-state index in [0.29, 0.717) is 35.5 Å². The quantitative estimate of drug-likeness (QED) is 0.765. The average Bonchev–Trinajstić information content (AvgIpc) is 2.69. The third kappa shape index (κ3) is 2.89. The van der Waals surface area contributed by atoms with Crippen LogP contribution in [0.5, 0.6) is 0 Å². The zero-order chi connectivity index (χ0) is 20.0. The van der Waals surface area contributed by atoms with Crippen LogP contribution in [0.1, 0.15) is 54.3 Å². The van der Waals surface area contributed by atoms with Crippen molar-refractivity contribution >= 4 is 28.5 Å². The van der Waals surface area contributed by atoms with E-state index in [4.69, 9.17) is 0 Å². The Labute approximate surface area is 165 Å². The Morgan fingerprint density at radius 1 is 0.964 bits per heavy atom. The summed E-state index contributed by atoms with van der Waals surface area (Å²) in [4.78, 5) is 43.1. The zero-order valence-electron chi connectivity index (χ0n) is 16.6. The Hall–Kier alpha value is -2.69. The molecule has 0 aromatic heterocycles. The van der Waals surface area contributed by atoms with Crippen LogP contribution < -0.4 is 0 Å². The van der Waals surface area contributed by atoms with Gasteiger partial charge in [0.05, 0.1) is 0 Å². The largest absolute Gasteiger partial charge is 0.341 e. The first-order valence-electron chi connectivity index (χ1n) is 10.1. The molecule has 0 saturated carbocycles. The van der Waals surface area contributed by atoms with Gasteiger partial charge in [-0.2, -0.15) is 0 Å². The predicted molar refractivity (Wildman–Crippen MR) is 108 cm³/mol. The highest BCUT2D eigenvalue weighted by molar-refractivity contribution is 6.26. The second-order valence-corrected chi connectivity index (χ2v) is 8.39. The first-order valence-corrected chi connectivity index (χ1v) is 10.1. The van der Waals surface area contributed by atoms with Gasteiger partial charge in [0.2, 0.25) is 5.91 Å². The lowest BCUT2D eigenvalue weighted by Gasteiger charge is -2.39. The number of benzene rings is 2. The normalized spacial score (nSPS) is 18.9. The van der Waals surface area contributed by atoms with Gasteiger partial charge in [-0.25, -0.2) is 0 Å². The van der Waals surface area contributed by atoms with E-state index in [1.807, 2.05) is 43.0 Å². The highest BCUT2D eigenvalue weighted by atomic mass is 16.2. The van der Waals surface area contributed by atoms with Gasteiger partial charge in [0, 0.05) is 29.6 Å². The minimum absolute atomic E-state index is 0.116. The van der Waals surface area contributed by atoms with Crippen molar-refractivity contribution in [1.29, 1.82) is 0 Å². The number of rotatable bonds is 3. The first kappa shape index (κ1) is 18.7. The van der Waals surface area contributed by atoms with E-state index < -0.39 is 6.04 Å². The van der Waals surface area contributed by atoms with Gasteiger partial charge in [-0.15, -0.1) is 0 Å². The van der Waals surface area contributed by atoms with Crippen LogP contribution in [0.15, 0.2) is 36.4 Å². The fourth-order valence-electron chi connectivity index (χ4n) is 4.41. The van der Waals surface area contributed by atoms with Crippen molar-refractivity contribution in [3.63, 3.8) is 0 Å². The molecule has 2 aromatic rings. The SMILES string of the molecule is CC1CCN(C(=O)C(C(C)C)N2C(=O)c3cccc4cccc(c34)C2=O)CC1. The van der Waals surface area contributed by atoms with Crippen molar-refractivity contribution in [1.82, 2.24) is 9.80 Å². The van der Waals surface area contributed by atoms with E-state index in [2.05, 4.69) is 6.92 Å². The van der Waals surface area contributed by atoms with Crippen LogP contribution in [0, 0.1) is 11.8 Å². The molecule has 0 bridgehead atoms. The Morgan fingerprint density at radius 2 is 1.50 bits per heavy atom. The summed E-state index contributed by atoms with van der Waals surface area (Å²) in [6.07, 6.45) is 1.92. The van der Waals surface area contributed by atoms with Crippen LogP contribution in [0.3, 0.4) is 0 Å². The molecule has 2 aliphatic rings. The number of imide groups is 1. The molecular weight excluding hydrogens is 352 g/mol. The van der Waals surface area contributed by atoms with Gasteiger partial charge in [-0.05, 0) is 42.2 Å². The second kappa shape index (κ2) is 7.04. The number of hydrogen-bond donors (Lipinski definition) is 0. The average molecular weight is 378 g/mol. The predicted octanol–water partition coefficient (Wildman–Crippen LogP) is 3.72. The molecule has 2 heterocycles. The van der Waals surface area contributed by atoms with E-state index in [0.717, 1.165) is 18.2 Å². The topological polar surface area (TPSA) is 57.7 Å². The van der Waals surface area contributed by atoms with Crippen molar-refractivity contribution in [2.45, 2.75) is 39.7 Å². The molecule has 0 spiro atoms. The fraction of sp³-hybridized carbons (Fsp3) is 0.435. The highest BCUT2D eigenvalue weighted by Crippen LogP contribution is 2.33. The number of amides is 3. The van der Waals surface area contributed by atoms with Crippen LogP contribution >= 0.6 is 0 Å². The summed E-state index contributed by atoms with van der Waals surface area (Å²) in [5.74, 6) is -0.415. The Balaban J connectivity index is 1.75. The summed E-state index contributed by atoms with van der Waals surface area (Å²) in [6.45, 7) is 7.36. The maximum absolute atomic E-state index is 13.4. The smallest absolute Gasteiger partial charge is 0.262 e. The van der Waals surface area contributed by atoms with Crippen molar-refractivity contribution in [3.05, 3.63) is 47.5 Å². The summed E-state index contributed by atoms with van der Waals surface area (Å²) in [5.41, 5.74) is 0.997. The molecule has 28 heavy (non-hydrogen) atoms. The summed E-state index contributed by atoms with van der Waals surface area (Å²) < 4.78 is 0. The molecule has 0 N–H and O–H groups in total. The molecule has 1 unspecified atom stereocenters. The molecular formula is C23H26N2O3. The number of piperidine rings is 1. The van der Waals surface area contributed by atoms with E-state index in [1.54, 1.807) is 12.1 Å². The number of carbonyl (C=O) groups is 3. The van der Waals surface area contributed by atoms with Gasteiger partial charge in [0.15, 0.2) is 0 Å². The van der Waals surface area contributed by atoms with Crippen LogP contribution in [-0.2, 0) is 4.79 Å². The summed E-state index contributed by atoms with van der Waals surface area (Å²) in [6, 6.07) is 10.2. The van der Waals surface area contributed by atoms with Gasteiger partial charge in [0.25, 0.3) is 11.8 Å². The van der Waals surface area contributed by atoms with Gasteiger partial charge in [-0.1, -0.05) is 45.0 Å². The molecule has 3 amide bonds. The summed E-state index contributed by atoms with van der Waals surface area (Å²) in [7, 11) is 0. The number of hydrogen-bond acceptors (Lipinski definition) is 3. The number of carbonyl (C=O) groups excluding carboxylic acids is 3. The molecule has 1 saturated heterocycles. The molecule has 1 atom stereocenters. The van der Waals surface area contributed by atoms with E-state index in [1.165, 1.54) is 4.90 Å². The van der Waals surface area contributed by atoms with Crippen LogP contribution in [-0.4, -0.2) is 46.7 Å². The molecule has 2 aliphatic heterocycles. The molecule has 2 aromatic carbocycles. The summed E-state index contributed by atoms with van der Waals surface area (Å²) in [5, 5.41) is 1.56. The Bertz CT molecular complexity index is 907. The zero-order valence-corrected chi connectivity index (χ0v) is 16.6. The molecule has 0 radical (unpaired) electrons. The van der Waals surface area contributed by atoms with Gasteiger partial charge >= 0.3 is 0 Å². The minimum Gasteiger partial charge on any atom is -0.341 e. The lowest BCUT2D eigenvalue weighted by atomic mass is 9.90. The number of nitrogens with zero attached hydrogens (tertiary/aromatic N) is 2. The Morgan fingerprint density at radius 3 is 2.00 bits per heavy atom. The van der Waals surface area contributed by atoms with Crippen LogP contribution in [0.4, 0.5) is 0 Å². The van der Waals surface area contributed by atoms with Crippen LogP contribution in [0.25, 0.3) is 10.8 Å². The van der Waals surface area contributed by atoms with Gasteiger partial charge < -0.3 is 4.90 Å². The summed E-state index contributed by atoms with van der Waals surface area (Å²) >= 11 is 0. The second-order valence-electron chi connectivity index (χ2n) is 8.39. The molecule has 0 aliphatic carbocycles. The molecule has 5 heteroatoms. The van der Waals surface area contributed by atoms with E-state index in [9.17, 15) is 14.4 Å². The van der Waals surface area contributed by atoms with Gasteiger partial charge in [0.1, 0.15) is 6.04 Å². The van der Waals surface area contributed by atoms with E-state index >= 15 is 0 Å². The van der Waals surface area contributed by atoms with Crippen molar-refractivity contribution in [3.8, 4) is 0 Å². The first-order chi connectivity index (χ1) is 13.4. The fourth-order valence-corrected chi connectivity index (χ4v) is 4.41. The monoisotopic (exact) mass is 378 g/mol. The third-order valence-corrected chi connectivity index (χ3v) is 6.06. The maximum atomic E-state index is 13.4.